The molecule has 0 unspecified atom stereocenters. The van der Waals surface area contributed by atoms with E-state index in [1.165, 1.54) is 0 Å². The zero-order chi connectivity index (χ0) is 9.03. The largest absolute Gasteiger partial charge is 0.481 e. The Bertz CT molecular complexity index is 162. The number of hydrogen-bond acceptors (Lipinski definition) is 1. The second kappa shape index (κ2) is 3.87. The average molecular weight is 174 g/mol. The topological polar surface area (TPSA) is 37.3 Å². The molecule has 0 amide bonds. The summed E-state index contributed by atoms with van der Waals surface area (Å²) in [4.78, 5) is 10.9. The predicted molar refractivity (Wildman–Crippen MR) is 43.7 cm³/mol. The Hall–Kier alpha value is -0.600. The van der Waals surface area contributed by atoms with Crippen molar-refractivity contribution in [3.63, 3.8) is 0 Å². The van der Waals surface area contributed by atoms with E-state index in [0.717, 1.165) is 25.7 Å². The minimum absolute atomic E-state index is 0.394. The van der Waals surface area contributed by atoms with Crippen LogP contribution in [-0.2, 0) is 4.79 Å². The molecule has 70 valence electrons. The maximum absolute atomic E-state index is 11.9. The molecule has 2 nitrogen and oxygen atoms in total. The van der Waals surface area contributed by atoms with Crippen LogP contribution in [0.25, 0.3) is 0 Å². The molecule has 0 atom stereocenters. The molecule has 0 aromatic heterocycles. The van der Waals surface area contributed by atoms with Crippen LogP contribution in [0.3, 0.4) is 0 Å². The van der Waals surface area contributed by atoms with Crippen molar-refractivity contribution < 1.29 is 14.3 Å². The molecule has 0 aliphatic heterocycles. The molecule has 0 aromatic carbocycles. The van der Waals surface area contributed by atoms with Crippen LogP contribution in [0.4, 0.5) is 4.39 Å². The third kappa shape index (κ3) is 1.76. The van der Waals surface area contributed by atoms with Crippen molar-refractivity contribution >= 4 is 5.97 Å². The summed E-state index contributed by atoms with van der Waals surface area (Å²) in [6.45, 7) is -0.394. The fraction of sp³-hybridized carbons (Fsp3) is 0.889. The molecule has 1 saturated carbocycles. The number of halogens is 1. The lowest BCUT2D eigenvalue weighted by atomic mass is 9.82. The fourth-order valence-electron chi connectivity index (χ4n) is 2.03. The van der Waals surface area contributed by atoms with Crippen LogP contribution in [0, 0.1) is 5.41 Å². The van der Waals surface area contributed by atoms with E-state index in [2.05, 4.69) is 0 Å². The van der Waals surface area contributed by atoms with Crippen LogP contribution in [0.2, 0.25) is 0 Å². The number of rotatable bonds is 4. The van der Waals surface area contributed by atoms with Gasteiger partial charge in [0, 0.05) is 0 Å². The van der Waals surface area contributed by atoms with Crippen molar-refractivity contribution in [3.8, 4) is 0 Å². The van der Waals surface area contributed by atoms with Crippen molar-refractivity contribution in [1.29, 1.82) is 0 Å². The van der Waals surface area contributed by atoms with E-state index < -0.39 is 18.1 Å². The number of carboxylic acids is 1. The van der Waals surface area contributed by atoms with Crippen LogP contribution in [-0.4, -0.2) is 17.8 Å². The third-order valence-electron chi connectivity index (χ3n) is 2.80. The summed E-state index contributed by atoms with van der Waals surface area (Å²) in [6.07, 6.45) is 4.35. The molecule has 0 spiro atoms. The highest BCUT2D eigenvalue weighted by Gasteiger charge is 2.40. The Morgan fingerprint density at radius 2 is 2.00 bits per heavy atom. The van der Waals surface area contributed by atoms with Crippen molar-refractivity contribution in [2.75, 3.05) is 6.67 Å². The first-order valence-electron chi connectivity index (χ1n) is 4.51. The van der Waals surface area contributed by atoms with E-state index in [1.54, 1.807) is 0 Å². The summed E-state index contributed by atoms with van der Waals surface area (Å²) in [7, 11) is 0. The van der Waals surface area contributed by atoms with Gasteiger partial charge in [-0.05, 0) is 25.7 Å². The van der Waals surface area contributed by atoms with Crippen LogP contribution < -0.4 is 0 Å². The summed E-state index contributed by atoms with van der Waals surface area (Å²) in [5.74, 6) is -0.728. The molecular formula is C9H15FO2. The first-order chi connectivity index (χ1) is 5.71. The van der Waals surface area contributed by atoms with Gasteiger partial charge in [-0.25, -0.2) is 0 Å². The van der Waals surface area contributed by atoms with E-state index in [0.29, 0.717) is 12.8 Å². The van der Waals surface area contributed by atoms with E-state index in [4.69, 9.17) is 5.11 Å². The van der Waals surface area contributed by atoms with Crippen LogP contribution in [0.15, 0.2) is 0 Å². The highest BCUT2D eigenvalue weighted by atomic mass is 19.1. The van der Waals surface area contributed by atoms with Crippen molar-refractivity contribution in [1.82, 2.24) is 0 Å². The molecule has 12 heavy (non-hydrogen) atoms. The van der Waals surface area contributed by atoms with Crippen LogP contribution in [0.1, 0.15) is 38.5 Å². The Balaban J connectivity index is 2.53. The SMILES string of the molecule is O=C(O)C1(CCCF)CCCC1. The number of alkyl halides is 1. The summed E-state index contributed by atoms with van der Waals surface area (Å²) in [5.41, 5.74) is -0.577. The molecule has 0 heterocycles. The first-order valence-corrected chi connectivity index (χ1v) is 4.51. The summed E-state index contributed by atoms with van der Waals surface area (Å²) >= 11 is 0. The average Bonchev–Trinajstić information content (AvgIpc) is 2.50. The third-order valence-corrected chi connectivity index (χ3v) is 2.80. The molecule has 0 bridgehead atoms. The summed E-state index contributed by atoms with van der Waals surface area (Å²) in [5, 5.41) is 8.97. The Morgan fingerprint density at radius 3 is 2.42 bits per heavy atom. The summed E-state index contributed by atoms with van der Waals surface area (Å²) < 4.78 is 11.9. The second-order valence-electron chi connectivity index (χ2n) is 3.59. The zero-order valence-electron chi connectivity index (χ0n) is 7.18. The van der Waals surface area contributed by atoms with Gasteiger partial charge in [0.15, 0.2) is 0 Å². The van der Waals surface area contributed by atoms with Gasteiger partial charge in [-0.3, -0.25) is 9.18 Å². The lowest BCUT2D eigenvalue weighted by molar-refractivity contribution is -0.149. The Morgan fingerprint density at radius 1 is 1.42 bits per heavy atom. The first kappa shape index (κ1) is 9.49. The number of carboxylic acid groups (broad SMARTS) is 1. The number of hydrogen-bond donors (Lipinski definition) is 1. The van der Waals surface area contributed by atoms with E-state index >= 15 is 0 Å². The number of carbonyl (C=O) groups is 1. The van der Waals surface area contributed by atoms with Gasteiger partial charge in [0.25, 0.3) is 0 Å². The van der Waals surface area contributed by atoms with Gasteiger partial charge in [0.1, 0.15) is 0 Å². The molecule has 0 aromatic rings. The van der Waals surface area contributed by atoms with E-state index in [1.807, 2.05) is 0 Å². The maximum Gasteiger partial charge on any atom is 0.309 e. The zero-order valence-corrected chi connectivity index (χ0v) is 7.18. The van der Waals surface area contributed by atoms with Gasteiger partial charge in [-0.15, -0.1) is 0 Å². The smallest absolute Gasteiger partial charge is 0.309 e. The minimum Gasteiger partial charge on any atom is -0.481 e. The lowest BCUT2D eigenvalue weighted by Gasteiger charge is -2.22. The van der Waals surface area contributed by atoms with Gasteiger partial charge in [0.05, 0.1) is 12.1 Å². The molecule has 1 fully saturated rings. The van der Waals surface area contributed by atoms with E-state index in [-0.39, 0.29) is 0 Å². The molecular weight excluding hydrogens is 159 g/mol. The monoisotopic (exact) mass is 174 g/mol. The molecule has 3 heteroatoms. The van der Waals surface area contributed by atoms with Crippen molar-refractivity contribution in [3.05, 3.63) is 0 Å². The quantitative estimate of drug-likeness (QED) is 0.710. The van der Waals surface area contributed by atoms with Crippen LogP contribution >= 0.6 is 0 Å². The molecule has 1 rings (SSSR count). The number of aliphatic carboxylic acids is 1. The highest BCUT2D eigenvalue weighted by molar-refractivity contribution is 5.74. The normalized spacial score (nSPS) is 21.1. The Kier molecular flexibility index (Phi) is 3.06. The van der Waals surface area contributed by atoms with Gasteiger partial charge < -0.3 is 5.11 Å². The predicted octanol–water partition coefficient (Wildman–Crippen LogP) is 2.38. The van der Waals surface area contributed by atoms with Crippen LogP contribution in [0.5, 0.6) is 0 Å². The van der Waals surface area contributed by atoms with Crippen molar-refractivity contribution in [2.45, 2.75) is 38.5 Å². The second-order valence-corrected chi connectivity index (χ2v) is 3.59. The highest BCUT2D eigenvalue weighted by Crippen LogP contribution is 2.42. The fourth-order valence-corrected chi connectivity index (χ4v) is 2.03. The standard InChI is InChI=1S/C9H15FO2/c10-7-3-6-9(8(11)12)4-1-2-5-9/h1-7H2,(H,11,12). The molecule has 0 radical (unpaired) electrons. The Labute approximate surface area is 71.8 Å². The molecule has 0 saturated heterocycles. The minimum atomic E-state index is -0.728. The maximum atomic E-state index is 11.9. The molecule has 1 aliphatic carbocycles. The lowest BCUT2D eigenvalue weighted by Crippen LogP contribution is -2.27. The van der Waals surface area contributed by atoms with Gasteiger partial charge in [-0.2, -0.15) is 0 Å². The molecule has 1 N–H and O–H groups in total. The van der Waals surface area contributed by atoms with Crippen molar-refractivity contribution in [2.24, 2.45) is 5.41 Å². The van der Waals surface area contributed by atoms with Gasteiger partial charge in [0.2, 0.25) is 0 Å². The summed E-state index contributed by atoms with van der Waals surface area (Å²) in [6, 6.07) is 0. The van der Waals surface area contributed by atoms with Gasteiger partial charge >= 0.3 is 5.97 Å². The molecule has 1 aliphatic rings. The van der Waals surface area contributed by atoms with E-state index in [9.17, 15) is 9.18 Å². The van der Waals surface area contributed by atoms with Gasteiger partial charge in [-0.1, -0.05) is 12.8 Å².